The predicted molar refractivity (Wildman–Crippen MR) is 57.3 cm³/mol. The quantitative estimate of drug-likeness (QED) is 0.230. The Hall–Kier alpha value is -0.770. The Morgan fingerprint density at radius 1 is 1.50 bits per heavy atom. The number of aliphatic imine (C=N–C) groups is 1. The van der Waals surface area contributed by atoms with E-state index in [-0.39, 0.29) is 0 Å². The van der Waals surface area contributed by atoms with Gasteiger partial charge in [-0.2, -0.15) is 5.26 Å². The third kappa shape index (κ3) is 7.86. The van der Waals surface area contributed by atoms with Gasteiger partial charge in [0.25, 0.3) is 0 Å². The zero-order valence-corrected chi connectivity index (χ0v) is 9.26. The van der Waals surface area contributed by atoms with E-state index in [0.29, 0.717) is 31.5 Å². The lowest BCUT2D eigenvalue weighted by Gasteiger charge is -2.02. The second kappa shape index (κ2) is 10.3. The van der Waals surface area contributed by atoms with E-state index in [4.69, 9.17) is 14.7 Å². The van der Waals surface area contributed by atoms with Crippen LogP contribution in [0, 0.1) is 11.5 Å². The summed E-state index contributed by atoms with van der Waals surface area (Å²) in [5, 5.41) is 11.4. The van der Waals surface area contributed by atoms with Crippen molar-refractivity contribution in [2.75, 3.05) is 39.7 Å². The molecule has 0 aliphatic rings. The summed E-state index contributed by atoms with van der Waals surface area (Å²) in [5.74, 6) is 0. The molecule has 80 valence electrons. The van der Waals surface area contributed by atoms with Gasteiger partial charge in [0.1, 0.15) is 0 Å². The van der Waals surface area contributed by atoms with Crippen molar-refractivity contribution in [2.45, 2.75) is 0 Å². The maximum absolute atomic E-state index is 8.34. The lowest BCUT2D eigenvalue weighted by Crippen LogP contribution is -2.15. The highest BCUT2D eigenvalue weighted by molar-refractivity contribution is 8.13. The van der Waals surface area contributed by atoms with E-state index in [1.54, 1.807) is 7.11 Å². The number of thioether (sulfide) groups is 1. The van der Waals surface area contributed by atoms with Crippen LogP contribution in [0.3, 0.4) is 0 Å². The average molecular weight is 217 g/mol. The van der Waals surface area contributed by atoms with Crippen molar-refractivity contribution >= 4 is 16.9 Å². The highest BCUT2D eigenvalue weighted by Gasteiger charge is 1.93. The lowest BCUT2D eigenvalue weighted by molar-refractivity contribution is 0.0748. The van der Waals surface area contributed by atoms with E-state index in [2.05, 4.69) is 10.3 Å². The van der Waals surface area contributed by atoms with Crippen molar-refractivity contribution in [2.24, 2.45) is 4.99 Å². The minimum atomic E-state index is 0.542. The third-order valence-corrected chi connectivity index (χ3v) is 1.90. The minimum absolute atomic E-state index is 0.542. The summed E-state index contributed by atoms with van der Waals surface area (Å²) in [6.45, 7) is 2.26. The maximum Gasteiger partial charge on any atom is 0.183 e. The zero-order chi connectivity index (χ0) is 10.6. The van der Waals surface area contributed by atoms with Crippen LogP contribution in [-0.4, -0.2) is 44.9 Å². The number of nitriles is 1. The molecule has 0 rings (SSSR count). The molecule has 0 saturated carbocycles. The number of ether oxygens (including phenoxy) is 2. The molecule has 0 aliphatic heterocycles. The fourth-order valence-corrected chi connectivity index (χ4v) is 1.03. The molecule has 0 aromatic rings. The van der Waals surface area contributed by atoms with E-state index in [1.165, 1.54) is 11.8 Å². The first-order valence-electron chi connectivity index (χ1n) is 4.15. The molecule has 0 fully saturated rings. The molecular formula is C8H15N3O2S. The molecule has 0 bridgehead atoms. The molecule has 0 atom stereocenters. The number of nitrogens with one attached hydrogen (secondary N) is 1. The van der Waals surface area contributed by atoms with E-state index in [0.717, 1.165) is 0 Å². The SMILES string of the molecule is COCCOCCN=C(NC#N)SC. The molecule has 1 N–H and O–H groups in total. The molecule has 0 radical (unpaired) electrons. The minimum Gasteiger partial charge on any atom is -0.382 e. The monoisotopic (exact) mass is 217 g/mol. The molecule has 6 heteroatoms. The van der Waals surface area contributed by atoms with Gasteiger partial charge in [-0.15, -0.1) is 0 Å². The van der Waals surface area contributed by atoms with Gasteiger partial charge in [0.2, 0.25) is 0 Å². The molecule has 0 saturated heterocycles. The Labute approximate surface area is 88.5 Å². The number of amidine groups is 1. The van der Waals surface area contributed by atoms with Gasteiger partial charge in [-0.25, -0.2) is 0 Å². The number of hydrogen-bond donors (Lipinski definition) is 1. The number of methoxy groups -OCH3 is 1. The molecule has 0 spiro atoms. The largest absolute Gasteiger partial charge is 0.382 e. The Kier molecular flexibility index (Phi) is 9.74. The molecule has 0 unspecified atom stereocenters. The summed E-state index contributed by atoms with van der Waals surface area (Å²) in [4.78, 5) is 4.11. The van der Waals surface area contributed by atoms with Crippen LogP contribution in [-0.2, 0) is 9.47 Å². The molecule has 0 aromatic carbocycles. The van der Waals surface area contributed by atoms with Crippen molar-refractivity contribution in [1.82, 2.24) is 5.32 Å². The lowest BCUT2D eigenvalue weighted by atomic mass is 10.7. The summed E-state index contributed by atoms with van der Waals surface area (Å²) >= 11 is 1.40. The third-order valence-electron chi connectivity index (χ3n) is 1.28. The fourth-order valence-electron chi connectivity index (χ4n) is 0.659. The normalized spacial score (nSPS) is 11.1. The summed E-state index contributed by atoms with van der Waals surface area (Å²) in [6, 6.07) is 0. The fraction of sp³-hybridized carbons (Fsp3) is 0.750. The first kappa shape index (κ1) is 13.2. The summed E-state index contributed by atoms with van der Waals surface area (Å²) < 4.78 is 10.0. The van der Waals surface area contributed by atoms with Crippen LogP contribution >= 0.6 is 11.8 Å². The van der Waals surface area contributed by atoms with E-state index in [1.807, 2.05) is 12.4 Å². The van der Waals surface area contributed by atoms with Crippen LogP contribution in [0.2, 0.25) is 0 Å². The standard InChI is InChI=1S/C8H15N3O2S/c1-12-5-6-13-4-3-10-8(14-2)11-7-9/h3-6H2,1-2H3,(H,10,11). The number of hydrogen-bond acceptors (Lipinski definition) is 5. The van der Waals surface area contributed by atoms with Crippen molar-refractivity contribution in [1.29, 1.82) is 5.26 Å². The van der Waals surface area contributed by atoms with Crippen LogP contribution in [0.1, 0.15) is 0 Å². The van der Waals surface area contributed by atoms with Crippen molar-refractivity contribution in [3.8, 4) is 6.19 Å². The van der Waals surface area contributed by atoms with Crippen molar-refractivity contribution in [3.63, 3.8) is 0 Å². The zero-order valence-electron chi connectivity index (χ0n) is 8.45. The van der Waals surface area contributed by atoms with Crippen LogP contribution in [0.5, 0.6) is 0 Å². The highest BCUT2D eigenvalue weighted by atomic mass is 32.2. The molecule has 0 amide bonds. The van der Waals surface area contributed by atoms with Crippen molar-refractivity contribution in [3.05, 3.63) is 0 Å². The van der Waals surface area contributed by atoms with Gasteiger partial charge in [-0.1, -0.05) is 11.8 Å². The van der Waals surface area contributed by atoms with Gasteiger partial charge in [-0.3, -0.25) is 10.3 Å². The molecule has 5 nitrogen and oxygen atoms in total. The predicted octanol–water partition coefficient (Wildman–Crippen LogP) is 0.439. The molecule has 14 heavy (non-hydrogen) atoms. The topological polar surface area (TPSA) is 66.6 Å². The Bertz CT molecular complexity index is 203. The second-order valence-corrected chi connectivity index (χ2v) is 3.03. The van der Waals surface area contributed by atoms with Gasteiger partial charge >= 0.3 is 0 Å². The van der Waals surface area contributed by atoms with E-state index >= 15 is 0 Å². The van der Waals surface area contributed by atoms with Crippen LogP contribution < -0.4 is 5.32 Å². The summed E-state index contributed by atoms with van der Waals surface area (Å²) in [5.41, 5.74) is 0. The summed E-state index contributed by atoms with van der Waals surface area (Å²) in [7, 11) is 1.63. The first-order chi connectivity index (χ1) is 6.85. The highest BCUT2D eigenvalue weighted by Crippen LogP contribution is 1.93. The maximum atomic E-state index is 8.34. The number of nitrogens with zero attached hydrogens (tertiary/aromatic N) is 2. The van der Waals surface area contributed by atoms with Crippen LogP contribution in [0.15, 0.2) is 4.99 Å². The Morgan fingerprint density at radius 3 is 2.86 bits per heavy atom. The Morgan fingerprint density at radius 2 is 2.29 bits per heavy atom. The summed E-state index contributed by atoms with van der Waals surface area (Å²) in [6.07, 6.45) is 3.67. The van der Waals surface area contributed by atoms with E-state index in [9.17, 15) is 0 Å². The van der Waals surface area contributed by atoms with Gasteiger partial charge in [0, 0.05) is 7.11 Å². The van der Waals surface area contributed by atoms with Gasteiger partial charge < -0.3 is 9.47 Å². The van der Waals surface area contributed by atoms with Crippen LogP contribution in [0.4, 0.5) is 0 Å². The van der Waals surface area contributed by atoms with Crippen LogP contribution in [0.25, 0.3) is 0 Å². The Balaban J connectivity index is 3.44. The first-order valence-corrected chi connectivity index (χ1v) is 5.37. The molecule has 0 aliphatic carbocycles. The second-order valence-electron chi connectivity index (χ2n) is 2.23. The van der Waals surface area contributed by atoms with Gasteiger partial charge in [0.15, 0.2) is 11.4 Å². The van der Waals surface area contributed by atoms with Crippen molar-refractivity contribution < 1.29 is 9.47 Å². The number of rotatable bonds is 6. The molecule has 0 aromatic heterocycles. The van der Waals surface area contributed by atoms with Gasteiger partial charge in [0.05, 0.1) is 26.4 Å². The van der Waals surface area contributed by atoms with Gasteiger partial charge in [-0.05, 0) is 6.26 Å². The molecular weight excluding hydrogens is 202 g/mol. The van der Waals surface area contributed by atoms with E-state index < -0.39 is 0 Å². The molecule has 0 heterocycles. The average Bonchev–Trinajstić information content (AvgIpc) is 2.21. The smallest absolute Gasteiger partial charge is 0.183 e.